The zero-order valence-corrected chi connectivity index (χ0v) is 19.9. The molecule has 37 heavy (non-hydrogen) atoms. The number of amides is 1. The fourth-order valence-corrected chi connectivity index (χ4v) is 4.24. The summed E-state index contributed by atoms with van der Waals surface area (Å²) < 4.78 is 41.6. The van der Waals surface area contributed by atoms with E-state index in [0.29, 0.717) is 22.0 Å². The van der Waals surface area contributed by atoms with Gasteiger partial charge in [-0.05, 0) is 47.3 Å². The number of benzene rings is 2. The lowest BCUT2D eigenvalue weighted by Gasteiger charge is -2.18. The van der Waals surface area contributed by atoms with E-state index in [2.05, 4.69) is 20.4 Å². The van der Waals surface area contributed by atoms with Gasteiger partial charge in [0.2, 0.25) is 0 Å². The van der Waals surface area contributed by atoms with Gasteiger partial charge in [-0.25, -0.2) is 4.90 Å². The summed E-state index contributed by atoms with van der Waals surface area (Å²) in [5, 5.41) is 25.8. The number of hydrogen-bond acceptors (Lipinski definition) is 7. The molecule has 3 N–H and O–H groups in total. The number of para-hydroxylation sites is 1. The van der Waals surface area contributed by atoms with Crippen LogP contribution in [0.25, 0.3) is 10.9 Å². The maximum Gasteiger partial charge on any atom is 0.422 e. The van der Waals surface area contributed by atoms with E-state index in [9.17, 15) is 23.2 Å². The maximum atomic E-state index is 13.0. The molecule has 12 heteroatoms. The Kier molecular flexibility index (Phi) is 7.55. The number of pyridine rings is 1. The first-order valence-electron chi connectivity index (χ1n) is 10.8. The molecule has 2 aromatic heterocycles. The van der Waals surface area contributed by atoms with Crippen LogP contribution in [0.3, 0.4) is 0 Å². The van der Waals surface area contributed by atoms with E-state index in [0.717, 1.165) is 16.5 Å². The minimum atomic E-state index is -4.65. The Morgan fingerprint density at radius 2 is 1.97 bits per heavy atom. The van der Waals surface area contributed by atoms with Crippen molar-refractivity contribution in [2.24, 2.45) is 0 Å². The molecule has 4 rings (SSSR count). The molecule has 0 bridgehead atoms. The fraction of sp³-hybridized carbons (Fsp3) is 0.120. The predicted molar refractivity (Wildman–Crippen MR) is 136 cm³/mol. The number of carbonyl (C=O) groups is 1. The Morgan fingerprint density at radius 3 is 2.76 bits per heavy atom. The number of fused-ring (bicyclic) bond motifs is 1. The number of nitrogens with one attached hydrogen (secondary N) is 3. The lowest BCUT2D eigenvalue weighted by atomic mass is 10.1. The van der Waals surface area contributed by atoms with E-state index in [1.165, 1.54) is 29.5 Å². The average molecular weight is 525 g/mol. The summed E-state index contributed by atoms with van der Waals surface area (Å²) >= 11 is 1.23. The van der Waals surface area contributed by atoms with Crippen LogP contribution in [0.2, 0.25) is 0 Å². The van der Waals surface area contributed by atoms with E-state index in [-0.39, 0.29) is 11.4 Å². The van der Waals surface area contributed by atoms with Gasteiger partial charge in [0.1, 0.15) is 4.88 Å². The molecule has 0 aliphatic carbocycles. The van der Waals surface area contributed by atoms with Crippen molar-refractivity contribution in [3.63, 3.8) is 0 Å². The monoisotopic (exact) mass is 524 g/mol. The number of rotatable bonds is 7. The van der Waals surface area contributed by atoms with Crippen LogP contribution >= 0.6 is 11.3 Å². The Hall–Kier alpha value is -4.63. The molecule has 0 aliphatic heterocycles. The molecular weight excluding hydrogens is 505 g/mol. The molecule has 4 aromatic rings. The lowest BCUT2D eigenvalue weighted by molar-refractivity contribution is -0.156. The SMILES string of the molecule is N#CN(C(=N)OCC(F)(F)F)c1cccc(NC(=O)c2sccc2NCc2ccnc3ccccc23)c1. The van der Waals surface area contributed by atoms with Crippen LogP contribution in [0.5, 0.6) is 0 Å². The van der Waals surface area contributed by atoms with Gasteiger partial charge in [-0.15, -0.1) is 11.3 Å². The van der Waals surface area contributed by atoms with Gasteiger partial charge in [0.05, 0.1) is 16.9 Å². The van der Waals surface area contributed by atoms with Gasteiger partial charge in [-0.2, -0.15) is 18.4 Å². The highest BCUT2D eigenvalue weighted by Gasteiger charge is 2.30. The molecule has 0 saturated heterocycles. The summed E-state index contributed by atoms with van der Waals surface area (Å²) in [6.07, 6.45) is -1.32. The summed E-state index contributed by atoms with van der Waals surface area (Å²) in [5.74, 6) is -0.416. The van der Waals surface area contributed by atoms with Gasteiger partial charge in [0.15, 0.2) is 12.8 Å². The van der Waals surface area contributed by atoms with E-state index in [4.69, 9.17) is 5.41 Å². The molecule has 0 unspecified atom stereocenters. The molecule has 0 spiro atoms. The number of amidine groups is 1. The summed E-state index contributed by atoms with van der Waals surface area (Å²) in [6, 6.07) is 16.3. The van der Waals surface area contributed by atoms with Crippen LogP contribution in [-0.2, 0) is 11.3 Å². The van der Waals surface area contributed by atoms with Crippen molar-refractivity contribution >= 4 is 51.2 Å². The predicted octanol–water partition coefficient (Wildman–Crippen LogP) is 5.96. The number of halogens is 3. The molecule has 188 valence electrons. The average Bonchev–Trinajstić information content (AvgIpc) is 3.35. The molecular formula is C25H19F3N6O2S. The zero-order valence-electron chi connectivity index (χ0n) is 19.0. The highest BCUT2D eigenvalue weighted by Crippen LogP contribution is 2.27. The Balaban J connectivity index is 1.45. The van der Waals surface area contributed by atoms with Crippen LogP contribution < -0.4 is 15.5 Å². The van der Waals surface area contributed by atoms with Crippen LogP contribution in [0.15, 0.2) is 72.2 Å². The molecule has 8 nitrogen and oxygen atoms in total. The second kappa shape index (κ2) is 11.0. The number of carbonyl (C=O) groups excluding carboxylic acids is 1. The van der Waals surface area contributed by atoms with Gasteiger partial charge in [-0.1, -0.05) is 24.3 Å². The molecule has 0 fully saturated rings. The van der Waals surface area contributed by atoms with Crippen molar-refractivity contribution in [3.05, 3.63) is 82.7 Å². The minimum absolute atomic E-state index is 0.0570. The third kappa shape index (κ3) is 6.33. The number of alkyl halides is 3. The van der Waals surface area contributed by atoms with E-state index in [1.807, 2.05) is 30.3 Å². The summed E-state index contributed by atoms with van der Waals surface area (Å²) in [7, 11) is 0. The summed E-state index contributed by atoms with van der Waals surface area (Å²) in [6.45, 7) is -1.24. The first-order valence-corrected chi connectivity index (χ1v) is 11.7. The zero-order chi connectivity index (χ0) is 26.4. The van der Waals surface area contributed by atoms with Crippen LogP contribution in [0, 0.1) is 16.9 Å². The second-order valence-electron chi connectivity index (χ2n) is 7.65. The standard InChI is InChI=1S/C25H19F3N6O2S/c26-25(27,28)14-36-24(30)34(15-29)18-5-3-4-17(12-18)33-23(35)22-21(9-11-37-22)32-13-16-8-10-31-20-7-2-1-6-19(16)20/h1-12,30,32H,13-14H2,(H,33,35). The molecule has 0 aliphatic rings. The number of thiophene rings is 1. The first-order chi connectivity index (χ1) is 17.7. The molecule has 0 saturated carbocycles. The number of nitriles is 1. The van der Waals surface area contributed by atoms with Crippen LogP contribution in [-0.4, -0.2) is 29.7 Å². The van der Waals surface area contributed by atoms with E-state index < -0.39 is 24.7 Å². The molecule has 2 aromatic carbocycles. The highest BCUT2D eigenvalue weighted by molar-refractivity contribution is 7.12. The largest absolute Gasteiger partial charge is 0.455 e. The normalized spacial score (nSPS) is 11.0. The third-order valence-corrected chi connectivity index (χ3v) is 6.03. The van der Waals surface area contributed by atoms with Crippen LogP contribution in [0.4, 0.5) is 30.2 Å². The quantitative estimate of drug-likeness (QED) is 0.119. The third-order valence-electron chi connectivity index (χ3n) is 5.12. The van der Waals surface area contributed by atoms with E-state index >= 15 is 0 Å². The topological polar surface area (TPSA) is 114 Å². The van der Waals surface area contributed by atoms with Gasteiger partial charge < -0.3 is 15.4 Å². The molecule has 0 atom stereocenters. The van der Waals surface area contributed by atoms with Crippen molar-refractivity contribution < 1.29 is 22.7 Å². The summed E-state index contributed by atoms with van der Waals surface area (Å²) in [5.41, 5.74) is 2.85. The molecule has 2 heterocycles. The second-order valence-corrected chi connectivity index (χ2v) is 8.57. The van der Waals surface area contributed by atoms with E-state index in [1.54, 1.807) is 29.9 Å². The maximum absolute atomic E-state index is 13.0. The number of nitrogens with zero attached hydrogens (tertiary/aromatic N) is 3. The van der Waals surface area contributed by atoms with Gasteiger partial charge in [-0.3, -0.25) is 15.2 Å². The number of ether oxygens (including phenoxy) is 1. The summed E-state index contributed by atoms with van der Waals surface area (Å²) in [4.78, 5) is 18.3. The first kappa shape index (κ1) is 25.5. The highest BCUT2D eigenvalue weighted by atomic mass is 32.1. The number of aromatic nitrogens is 1. The van der Waals surface area contributed by atoms with Crippen molar-refractivity contribution in [2.75, 3.05) is 22.1 Å². The van der Waals surface area contributed by atoms with Gasteiger partial charge >= 0.3 is 12.2 Å². The Morgan fingerprint density at radius 1 is 1.16 bits per heavy atom. The van der Waals surface area contributed by atoms with Crippen molar-refractivity contribution in [1.82, 2.24) is 4.98 Å². The molecule has 1 amide bonds. The van der Waals surface area contributed by atoms with Crippen molar-refractivity contribution in [2.45, 2.75) is 12.7 Å². The van der Waals surface area contributed by atoms with Crippen molar-refractivity contribution in [1.29, 1.82) is 10.7 Å². The van der Waals surface area contributed by atoms with Crippen LogP contribution in [0.1, 0.15) is 15.2 Å². The Bertz CT molecular complexity index is 1480. The number of anilines is 3. The minimum Gasteiger partial charge on any atom is -0.455 e. The fourth-order valence-electron chi connectivity index (χ4n) is 3.47. The number of hydrogen-bond donors (Lipinski definition) is 3. The van der Waals surface area contributed by atoms with Gasteiger partial charge in [0, 0.05) is 23.8 Å². The smallest absolute Gasteiger partial charge is 0.422 e. The lowest BCUT2D eigenvalue weighted by Crippen LogP contribution is -2.31. The van der Waals surface area contributed by atoms with Gasteiger partial charge in [0.25, 0.3) is 5.91 Å². The molecule has 0 radical (unpaired) electrons. The van der Waals surface area contributed by atoms with Crippen molar-refractivity contribution in [3.8, 4) is 6.19 Å². The Labute approximate surface area is 213 Å².